The van der Waals surface area contributed by atoms with Gasteiger partial charge in [-0.25, -0.2) is 0 Å². The SMILES string of the molecule is COc1ccccc1/C=C\c1nn2c(CN3CCCCCC3)nnc2s1. The van der Waals surface area contributed by atoms with Gasteiger partial charge in [0.1, 0.15) is 10.8 Å². The molecule has 4 rings (SSSR count). The fourth-order valence-corrected chi connectivity index (χ4v) is 4.06. The third kappa shape index (κ3) is 3.78. The lowest BCUT2D eigenvalue weighted by atomic mass is 10.2. The number of benzene rings is 1. The first-order valence-corrected chi connectivity index (χ1v) is 9.90. The van der Waals surface area contributed by atoms with Crippen LogP contribution in [0.2, 0.25) is 0 Å². The van der Waals surface area contributed by atoms with Crippen molar-refractivity contribution < 1.29 is 4.74 Å². The number of hydrogen-bond acceptors (Lipinski definition) is 6. The van der Waals surface area contributed by atoms with Crippen molar-refractivity contribution in [3.63, 3.8) is 0 Å². The third-order valence-corrected chi connectivity index (χ3v) is 5.54. The summed E-state index contributed by atoms with van der Waals surface area (Å²) in [5.74, 6) is 1.78. The van der Waals surface area contributed by atoms with Gasteiger partial charge in [-0.2, -0.15) is 9.61 Å². The molecule has 0 spiro atoms. The van der Waals surface area contributed by atoms with Crippen LogP contribution in [0.5, 0.6) is 5.75 Å². The molecule has 1 aliphatic rings. The summed E-state index contributed by atoms with van der Waals surface area (Å²) in [5, 5.41) is 14.2. The second-order valence-corrected chi connectivity index (χ2v) is 7.50. The number of ether oxygens (including phenoxy) is 1. The lowest BCUT2D eigenvalue weighted by Gasteiger charge is -2.17. The second kappa shape index (κ2) is 7.97. The van der Waals surface area contributed by atoms with Crippen LogP contribution in [0.1, 0.15) is 42.1 Å². The van der Waals surface area contributed by atoms with Gasteiger partial charge in [0.25, 0.3) is 0 Å². The van der Waals surface area contributed by atoms with Crippen LogP contribution in [0.3, 0.4) is 0 Å². The summed E-state index contributed by atoms with van der Waals surface area (Å²) < 4.78 is 7.28. The van der Waals surface area contributed by atoms with E-state index in [0.717, 1.165) is 46.7 Å². The highest BCUT2D eigenvalue weighted by atomic mass is 32.1. The van der Waals surface area contributed by atoms with E-state index >= 15 is 0 Å². The molecule has 2 aromatic heterocycles. The average molecular weight is 369 g/mol. The van der Waals surface area contributed by atoms with Gasteiger partial charge >= 0.3 is 0 Å². The van der Waals surface area contributed by atoms with Crippen LogP contribution < -0.4 is 4.74 Å². The van der Waals surface area contributed by atoms with Gasteiger partial charge < -0.3 is 4.74 Å². The molecular weight excluding hydrogens is 346 g/mol. The molecule has 1 aliphatic heterocycles. The van der Waals surface area contributed by atoms with Crippen molar-refractivity contribution in [3.05, 3.63) is 40.7 Å². The van der Waals surface area contributed by atoms with E-state index in [1.807, 2.05) is 40.9 Å². The summed E-state index contributed by atoms with van der Waals surface area (Å²) in [6.07, 6.45) is 9.24. The molecule has 3 aromatic rings. The van der Waals surface area contributed by atoms with Crippen molar-refractivity contribution in [2.45, 2.75) is 32.2 Å². The molecule has 7 heteroatoms. The third-order valence-electron chi connectivity index (χ3n) is 4.68. The average Bonchev–Trinajstić information content (AvgIpc) is 3.13. The molecule has 0 unspecified atom stereocenters. The van der Waals surface area contributed by atoms with E-state index in [0.29, 0.717) is 0 Å². The maximum atomic E-state index is 5.39. The fraction of sp³-hybridized carbons (Fsp3) is 0.421. The van der Waals surface area contributed by atoms with Crippen molar-refractivity contribution in [1.82, 2.24) is 24.7 Å². The lowest BCUT2D eigenvalue weighted by Crippen LogP contribution is -2.25. The van der Waals surface area contributed by atoms with Gasteiger partial charge in [0, 0.05) is 5.56 Å². The normalized spacial score (nSPS) is 16.3. The lowest BCUT2D eigenvalue weighted by molar-refractivity contribution is 0.268. The molecule has 3 heterocycles. The van der Waals surface area contributed by atoms with Crippen LogP contribution in [-0.4, -0.2) is 44.9 Å². The van der Waals surface area contributed by atoms with Gasteiger partial charge in [-0.05, 0) is 44.1 Å². The van der Waals surface area contributed by atoms with Gasteiger partial charge in [0.2, 0.25) is 4.96 Å². The highest BCUT2D eigenvalue weighted by molar-refractivity contribution is 7.17. The number of likely N-dealkylation sites (tertiary alicyclic amines) is 1. The fourth-order valence-electron chi connectivity index (χ4n) is 3.30. The maximum absolute atomic E-state index is 5.39. The topological polar surface area (TPSA) is 55.6 Å². The Balaban J connectivity index is 1.53. The Morgan fingerprint density at radius 3 is 2.69 bits per heavy atom. The van der Waals surface area contributed by atoms with E-state index in [2.05, 4.69) is 20.2 Å². The van der Waals surface area contributed by atoms with Crippen LogP contribution in [0.15, 0.2) is 24.3 Å². The quantitative estimate of drug-likeness (QED) is 0.686. The zero-order chi connectivity index (χ0) is 17.8. The Morgan fingerprint density at radius 1 is 1.08 bits per heavy atom. The number of methoxy groups -OCH3 is 1. The van der Waals surface area contributed by atoms with E-state index < -0.39 is 0 Å². The summed E-state index contributed by atoms with van der Waals surface area (Å²) in [4.78, 5) is 3.31. The first kappa shape index (κ1) is 17.2. The molecule has 0 bridgehead atoms. The van der Waals surface area contributed by atoms with Crippen molar-refractivity contribution in [3.8, 4) is 5.75 Å². The van der Waals surface area contributed by atoms with E-state index in [4.69, 9.17) is 4.74 Å². The molecule has 1 aromatic carbocycles. The predicted molar refractivity (Wildman–Crippen MR) is 104 cm³/mol. The van der Waals surface area contributed by atoms with Gasteiger partial charge in [0.05, 0.1) is 13.7 Å². The standard InChI is InChI=1S/C19H23N5OS/c1-25-16-9-5-4-8-15(16)10-11-18-22-24-17(20-21-19(24)26-18)14-23-12-6-2-3-7-13-23/h4-5,8-11H,2-3,6-7,12-14H2,1H3/b11-10-. The van der Waals surface area contributed by atoms with Gasteiger partial charge in [0.15, 0.2) is 5.82 Å². The number of para-hydroxylation sites is 1. The van der Waals surface area contributed by atoms with Gasteiger partial charge in [-0.1, -0.05) is 42.4 Å². The first-order chi connectivity index (χ1) is 12.8. The predicted octanol–water partition coefficient (Wildman–Crippen LogP) is 3.74. The van der Waals surface area contributed by atoms with Crippen molar-refractivity contribution in [2.75, 3.05) is 20.2 Å². The van der Waals surface area contributed by atoms with E-state index in [1.54, 1.807) is 18.4 Å². The molecule has 0 N–H and O–H groups in total. The van der Waals surface area contributed by atoms with Crippen molar-refractivity contribution in [2.24, 2.45) is 0 Å². The molecule has 0 amide bonds. The monoisotopic (exact) mass is 369 g/mol. The Kier molecular flexibility index (Phi) is 5.26. The highest BCUT2D eigenvalue weighted by Gasteiger charge is 2.15. The molecule has 1 saturated heterocycles. The van der Waals surface area contributed by atoms with Crippen LogP contribution in [0.25, 0.3) is 17.1 Å². The van der Waals surface area contributed by atoms with E-state index in [1.165, 1.54) is 25.7 Å². The summed E-state index contributed by atoms with van der Waals surface area (Å²) in [6.45, 7) is 3.10. The first-order valence-electron chi connectivity index (χ1n) is 9.08. The van der Waals surface area contributed by atoms with Gasteiger partial charge in [-0.3, -0.25) is 4.90 Å². The maximum Gasteiger partial charge on any atom is 0.235 e. The largest absolute Gasteiger partial charge is 0.496 e. The van der Waals surface area contributed by atoms with Crippen molar-refractivity contribution >= 4 is 28.4 Å². The van der Waals surface area contributed by atoms with Crippen molar-refractivity contribution in [1.29, 1.82) is 0 Å². The minimum absolute atomic E-state index is 0.820. The number of aromatic nitrogens is 4. The summed E-state index contributed by atoms with van der Waals surface area (Å²) in [7, 11) is 1.69. The Bertz CT molecular complexity index is 892. The van der Waals surface area contributed by atoms with Crippen LogP contribution >= 0.6 is 11.3 Å². The van der Waals surface area contributed by atoms with Crippen LogP contribution in [0, 0.1) is 0 Å². The van der Waals surface area contributed by atoms with Crippen LogP contribution in [0.4, 0.5) is 0 Å². The summed E-state index contributed by atoms with van der Waals surface area (Å²) in [5.41, 5.74) is 1.03. The zero-order valence-electron chi connectivity index (χ0n) is 15.0. The highest BCUT2D eigenvalue weighted by Crippen LogP contribution is 2.22. The number of rotatable bonds is 5. The smallest absolute Gasteiger partial charge is 0.235 e. The molecule has 0 radical (unpaired) electrons. The molecule has 0 saturated carbocycles. The zero-order valence-corrected chi connectivity index (χ0v) is 15.8. The number of fused-ring (bicyclic) bond motifs is 1. The van der Waals surface area contributed by atoms with E-state index in [-0.39, 0.29) is 0 Å². The molecular formula is C19H23N5OS. The molecule has 136 valence electrons. The minimum atomic E-state index is 0.820. The van der Waals surface area contributed by atoms with Gasteiger partial charge in [-0.15, -0.1) is 10.2 Å². The number of hydrogen-bond donors (Lipinski definition) is 0. The Morgan fingerprint density at radius 2 is 1.88 bits per heavy atom. The van der Waals surface area contributed by atoms with Crippen LogP contribution in [-0.2, 0) is 6.54 Å². The summed E-state index contributed by atoms with van der Waals surface area (Å²) in [6, 6.07) is 7.95. The molecule has 6 nitrogen and oxygen atoms in total. The molecule has 0 aliphatic carbocycles. The number of nitrogens with zero attached hydrogens (tertiary/aromatic N) is 5. The molecule has 1 fully saturated rings. The minimum Gasteiger partial charge on any atom is -0.496 e. The molecule has 26 heavy (non-hydrogen) atoms. The Labute approximate surface area is 157 Å². The molecule has 0 atom stereocenters. The van der Waals surface area contributed by atoms with E-state index in [9.17, 15) is 0 Å². The Hall–Kier alpha value is -2.25. The summed E-state index contributed by atoms with van der Waals surface area (Å²) >= 11 is 1.55. The second-order valence-electron chi connectivity index (χ2n) is 6.52.